The molecule has 1 aliphatic rings. The second-order valence-corrected chi connectivity index (χ2v) is 6.15. The molecule has 1 saturated heterocycles. The molecule has 2 aromatic rings. The van der Waals surface area contributed by atoms with Crippen LogP contribution in [0.1, 0.15) is 30.6 Å². The van der Waals surface area contributed by atoms with E-state index in [1.54, 1.807) is 12.1 Å². The van der Waals surface area contributed by atoms with Crippen molar-refractivity contribution in [1.82, 2.24) is 14.5 Å². The second kappa shape index (κ2) is 5.48. The summed E-state index contributed by atoms with van der Waals surface area (Å²) in [5, 5.41) is 9.02. The van der Waals surface area contributed by atoms with Crippen molar-refractivity contribution < 1.29 is 9.90 Å². The zero-order valence-corrected chi connectivity index (χ0v) is 12.5. The molecule has 1 N–H and O–H groups in total. The third-order valence-corrected chi connectivity index (χ3v) is 4.37. The highest BCUT2D eigenvalue weighted by atomic mass is 16.4. The SMILES string of the molecule is CC(C)N1CCC(Cn2cnc3cc(C(=O)O)ccc32)C1. The lowest BCUT2D eigenvalue weighted by atomic mass is 10.1. The Morgan fingerprint density at radius 1 is 1.48 bits per heavy atom. The van der Waals surface area contributed by atoms with Gasteiger partial charge in [-0.3, -0.25) is 0 Å². The summed E-state index contributed by atoms with van der Waals surface area (Å²) in [5.41, 5.74) is 2.07. The maximum atomic E-state index is 11.0. The van der Waals surface area contributed by atoms with Crippen LogP contribution in [0.4, 0.5) is 0 Å². The zero-order valence-electron chi connectivity index (χ0n) is 12.5. The minimum atomic E-state index is -0.908. The van der Waals surface area contributed by atoms with E-state index >= 15 is 0 Å². The van der Waals surface area contributed by atoms with Gasteiger partial charge in [-0.15, -0.1) is 0 Å². The number of aromatic nitrogens is 2. The van der Waals surface area contributed by atoms with Crippen LogP contribution < -0.4 is 0 Å². The molecule has 1 atom stereocenters. The van der Waals surface area contributed by atoms with E-state index in [-0.39, 0.29) is 0 Å². The molecule has 0 radical (unpaired) electrons. The van der Waals surface area contributed by atoms with Crippen molar-refractivity contribution in [2.24, 2.45) is 5.92 Å². The molecule has 5 nitrogen and oxygen atoms in total. The first-order valence-electron chi connectivity index (χ1n) is 7.47. The van der Waals surface area contributed by atoms with E-state index in [9.17, 15) is 4.79 Å². The Balaban J connectivity index is 1.78. The van der Waals surface area contributed by atoms with Gasteiger partial charge >= 0.3 is 5.97 Å². The summed E-state index contributed by atoms with van der Waals surface area (Å²) in [7, 11) is 0. The van der Waals surface area contributed by atoms with Crippen molar-refractivity contribution >= 4 is 17.0 Å². The number of rotatable bonds is 4. The number of fused-ring (bicyclic) bond motifs is 1. The Morgan fingerprint density at radius 2 is 2.29 bits per heavy atom. The number of carbonyl (C=O) groups is 1. The van der Waals surface area contributed by atoms with Crippen molar-refractivity contribution in [2.75, 3.05) is 13.1 Å². The largest absolute Gasteiger partial charge is 0.478 e. The molecular formula is C16H21N3O2. The molecule has 1 fully saturated rings. The van der Waals surface area contributed by atoms with Gasteiger partial charge in [0.25, 0.3) is 0 Å². The van der Waals surface area contributed by atoms with E-state index in [1.165, 1.54) is 6.42 Å². The predicted molar refractivity (Wildman–Crippen MR) is 81.5 cm³/mol. The van der Waals surface area contributed by atoms with Crippen LogP contribution in [0.2, 0.25) is 0 Å². The summed E-state index contributed by atoms with van der Waals surface area (Å²) in [5.74, 6) is -0.265. The zero-order chi connectivity index (χ0) is 15.0. The van der Waals surface area contributed by atoms with Crippen LogP contribution in [0, 0.1) is 5.92 Å². The molecule has 112 valence electrons. The van der Waals surface area contributed by atoms with Gasteiger partial charge in [-0.1, -0.05) is 0 Å². The lowest BCUT2D eigenvalue weighted by Gasteiger charge is -2.20. The molecule has 1 aromatic heterocycles. The maximum Gasteiger partial charge on any atom is 0.335 e. The average molecular weight is 287 g/mol. The standard InChI is InChI=1S/C16H21N3O2/c1-11(2)18-6-5-12(8-18)9-19-10-17-14-7-13(16(20)21)3-4-15(14)19/h3-4,7,10-12H,5-6,8-9H2,1-2H3,(H,20,21). The Morgan fingerprint density at radius 3 is 2.95 bits per heavy atom. The van der Waals surface area contributed by atoms with Crippen LogP contribution in [-0.2, 0) is 6.54 Å². The highest BCUT2D eigenvalue weighted by molar-refractivity contribution is 5.92. The Hall–Kier alpha value is -1.88. The summed E-state index contributed by atoms with van der Waals surface area (Å²) in [6.45, 7) is 7.72. The summed E-state index contributed by atoms with van der Waals surface area (Å²) in [6, 6.07) is 5.76. The molecule has 2 heterocycles. The fourth-order valence-electron chi connectivity index (χ4n) is 3.10. The second-order valence-electron chi connectivity index (χ2n) is 6.15. The summed E-state index contributed by atoms with van der Waals surface area (Å²) in [6.07, 6.45) is 3.04. The number of hydrogen-bond acceptors (Lipinski definition) is 3. The fraction of sp³-hybridized carbons (Fsp3) is 0.500. The van der Waals surface area contributed by atoms with Crippen molar-refractivity contribution in [3.05, 3.63) is 30.1 Å². The first-order valence-corrected chi connectivity index (χ1v) is 7.47. The minimum Gasteiger partial charge on any atom is -0.478 e. The molecule has 21 heavy (non-hydrogen) atoms. The number of hydrogen-bond donors (Lipinski definition) is 1. The van der Waals surface area contributed by atoms with Gasteiger partial charge in [-0.05, 0) is 50.9 Å². The quantitative estimate of drug-likeness (QED) is 0.938. The van der Waals surface area contributed by atoms with E-state index < -0.39 is 5.97 Å². The Labute approximate surface area is 124 Å². The van der Waals surface area contributed by atoms with Crippen LogP contribution in [0.5, 0.6) is 0 Å². The molecule has 1 unspecified atom stereocenters. The highest BCUT2D eigenvalue weighted by Crippen LogP contribution is 2.23. The normalized spacial score (nSPS) is 19.7. The molecule has 0 spiro atoms. The van der Waals surface area contributed by atoms with Crippen molar-refractivity contribution in [2.45, 2.75) is 32.9 Å². The number of aromatic carboxylic acids is 1. The van der Waals surface area contributed by atoms with E-state index in [0.29, 0.717) is 17.5 Å². The van der Waals surface area contributed by atoms with E-state index in [2.05, 4.69) is 28.3 Å². The van der Waals surface area contributed by atoms with E-state index in [1.807, 2.05) is 12.4 Å². The molecule has 0 aliphatic carbocycles. The fourth-order valence-corrected chi connectivity index (χ4v) is 3.10. The van der Waals surface area contributed by atoms with Gasteiger partial charge in [0.15, 0.2) is 0 Å². The number of carboxylic acids is 1. The van der Waals surface area contributed by atoms with Crippen molar-refractivity contribution in [1.29, 1.82) is 0 Å². The molecule has 1 aromatic carbocycles. The number of carboxylic acid groups (broad SMARTS) is 1. The Kier molecular flexibility index (Phi) is 3.68. The average Bonchev–Trinajstić information content (AvgIpc) is 3.06. The van der Waals surface area contributed by atoms with Gasteiger partial charge in [-0.25, -0.2) is 9.78 Å². The lowest BCUT2D eigenvalue weighted by molar-refractivity contribution is 0.0697. The number of likely N-dealkylation sites (tertiary alicyclic amines) is 1. The van der Waals surface area contributed by atoms with E-state index in [0.717, 1.165) is 30.7 Å². The van der Waals surface area contributed by atoms with Gasteiger partial charge in [0.1, 0.15) is 0 Å². The number of benzene rings is 1. The van der Waals surface area contributed by atoms with Gasteiger partial charge < -0.3 is 14.6 Å². The van der Waals surface area contributed by atoms with Crippen molar-refractivity contribution in [3.63, 3.8) is 0 Å². The summed E-state index contributed by atoms with van der Waals surface area (Å²) in [4.78, 5) is 17.8. The molecule has 0 saturated carbocycles. The predicted octanol–water partition coefficient (Wildman–Crippen LogP) is 2.46. The van der Waals surface area contributed by atoms with Crippen LogP contribution in [0.25, 0.3) is 11.0 Å². The van der Waals surface area contributed by atoms with Gasteiger partial charge in [0.2, 0.25) is 0 Å². The van der Waals surface area contributed by atoms with Gasteiger partial charge in [0, 0.05) is 19.1 Å². The Bertz CT molecular complexity index is 663. The molecular weight excluding hydrogens is 266 g/mol. The van der Waals surface area contributed by atoms with Crippen LogP contribution in [-0.4, -0.2) is 44.7 Å². The smallest absolute Gasteiger partial charge is 0.335 e. The molecule has 0 amide bonds. The van der Waals surface area contributed by atoms with Crippen LogP contribution in [0.3, 0.4) is 0 Å². The lowest BCUT2D eigenvalue weighted by Crippen LogP contribution is -2.28. The molecule has 3 rings (SSSR count). The van der Waals surface area contributed by atoms with Gasteiger partial charge in [0.05, 0.1) is 22.9 Å². The molecule has 1 aliphatic heterocycles. The highest BCUT2D eigenvalue weighted by Gasteiger charge is 2.24. The van der Waals surface area contributed by atoms with Crippen molar-refractivity contribution in [3.8, 4) is 0 Å². The summed E-state index contributed by atoms with van der Waals surface area (Å²) < 4.78 is 2.15. The topological polar surface area (TPSA) is 58.4 Å². The first-order chi connectivity index (χ1) is 10.0. The molecule has 5 heteroatoms. The van der Waals surface area contributed by atoms with Gasteiger partial charge in [-0.2, -0.15) is 0 Å². The summed E-state index contributed by atoms with van der Waals surface area (Å²) >= 11 is 0. The minimum absolute atomic E-state index is 0.291. The number of nitrogens with zero attached hydrogens (tertiary/aromatic N) is 3. The van der Waals surface area contributed by atoms with E-state index in [4.69, 9.17) is 5.11 Å². The maximum absolute atomic E-state index is 11.0. The monoisotopic (exact) mass is 287 g/mol. The van der Waals surface area contributed by atoms with Crippen LogP contribution >= 0.6 is 0 Å². The first kappa shape index (κ1) is 14.1. The number of imidazole rings is 1. The molecule has 0 bridgehead atoms. The third kappa shape index (κ3) is 2.78. The third-order valence-electron chi connectivity index (χ3n) is 4.37. The van der Waals surface area contributed by atoms with Crippen LogP contribution in [0.15, 0.2) is 24.5 Å².